The maximum atomic E-state index is 5.84. The molecule has 0 unspecified atom stereocenters. The van der Waals surface area contributed by atoms with Crippen LogP contribution in [0.25, 0.3) is 11.8 Å². The first kappa shape index (κ1) is 19.8. The second kappa shape index (κ2) is 7.81. The number of benzene rings is 1. The highest BCUT2D eigenvalue weighted by Crippen LogP contribution is 2.40. The Balaban J connectivity index is 2.58. The quantitative estimate of drug-likeness (QED) is 0.449. The highest BCUT2D eigenvalue weighted by atomic mass is 35.6. The Morgan fingerprint density at radius 3 is 1.79 bits per heavy atom. The molecule has 4 nitrogen and oxygen atoms in total. The van der Waals surface area contributed by atoms with E-state index in [4.69, 9.17) is 74.3 Å². The Bertz CT molecular complexity index is 708. The van der Waals surface area contributed by atoms with Gasteiger partial charge < -0.3 is 4.74 Å². The molecule has 24 heavy (non-hydrogen) atoms. The van der Waals surface area contributed by atoms with Crippen molar-refractivity contribution in [3.8, 4) is 0 Å². The molecular weight excluding hydrogens is 439 g/mol. The number of halogens is 6. The first-order chi connectivity index (χ1) is 11.1. The topological polar surface area (TPSA) is 47.9 Å². The summed E-state index contributed by atoms with van der Waals surface area (Å²) in [5.74, 6) is 0.262. The van der Waals surface area contributed by atoms with E-state index >= 15 is 0 Å². The van der Waals surface area contributed by atoms with Crippen molar-refractivity contribution in [3.63, 3.8) is 0 Å². The number of ether oxygens (including phenoxy) is 1. The predicted octanol–water partition coefficient (Wildman–Crippen LogP) is 5.67. The first-order valence-electron chi connectivity index (χ1n) is 6.33. The van der Waals surface area contributed by atoms with Crippen molar-refractivity contribution in [2.75, 3.05) is 7.11 Å². The summed E-state index contributed by atoms with van der Waals surface area (Å²) < 4.78 is 1.54. The molecule has 128 valence electrons. The molecule has 0 bridgehead atoms. The molecule has 10 heteroatoms. The molecule has 0 aliphatic heterocycles. The summed E-state index contributed by atoms with van der Waals surface area (Å²) in [6.07, 6.45) is 1.52. The van der Waals surface area contributed by atoms with E-state index in [1.165, 1.54) is 13.2 Å². The van der Waals surface area contributed by atoms with Crippen LogP contribution in [0, 0.1) is 0 Å². The Morgan fingerprint density at radius 1 is 0.875 bits per heavy atom. The van der Waals surface area contributed by atoms with E-state index < -0.39 is 7.59 Å². The molecule has 0 aliphatic rings. The molecule has 0 saturated carbocycles. The Morgan fingerprint density at radius 2 is 1.38 bits per heavy atom. The minimum absolute atomic E-state index is 0.119. The lowest BCUT2D eigenvalue weighted by Crippen LogP contribution is -2.17. The molecule has 0 fully saturated rings. The standard InChI is InChI=1S/C14H9Cl6N3O/c1-24-9(8-5-3-2-4-6-8)7-10-21-11(13(15,16)17)23-12(22-10)14(18,19)20/h2-7H,1H3. The molecule has 0 N–H and O–H groups in total. The molecule has 0 saturated heterocycles. The summed E-state index contributed by atoms with van der Waals surface area (Å²) in [5, 5.41) is 0. The third kappa shape index (κ3) is 5.25. The van der Waals surface area contributed by atoms with Gasteiger partial charge in [-0.05, 0) is 0 Å². The van der Waals surface area contributed by atoms with Crippen LogP contribution in [0.5, 0.6) is 0 Å². The maximum absolute atomic E-state index is 5.84. The zero-order valence-corrected chi connectivity index (χ0v) is 16.5. The minimum Gasteiger partial charge on any atom is -0.496 e. The summed E-state index contributed by atoms with van der Waals surface area (Å²) in [6.45, 7) is 0. The number of aromatic nitrogens is 3. The Hall–Kier alpha value is -0.490. The SMILES string of the molecule is COC(=Cc1nc(C(Cl)(Cl)Cl)nc(C(Cl)(Cl)Cl)n1)c1ccccc1. The van der Waals surface area contributed by atoms with Gasteiger partial charge >= 0.3 is 0 Å². The molecule has 0 aliphatic carbocycles. The predicted molar refractivity (Wildman–Crippen MR) is 99.6 cm³/mol. The normalized spacial score (nSPS) is 13.0. The summed E-state index contributed by atoms with van der Waals surface area (Å²) in [5.41, 5.74) is 0.797. The molecule has 2 aromatic rings. The number of hydrogen-bond acceptors (Lipinski definition) is 4. The molecule has 0 atom stereocenters. The van der Waals surface area contributed by atoms with Gasteiger partial charge in [-0.2, -0.15) is 0 Å². The molecule has 1 aromatic heterocycles. The largest absolute Gasteiger partial charge is 0.496 e. The van der Waals surface area contributed by atoms with Crippen LogP contribution in [-0.4, -0.2) is 22.1 Å². The van der Waals surface area contributed by atoms with Crippen molar-refractivity contribution in [2.24, 2.45) is 0 Å². The summed E-state index contributed by atoms with van der Waals surface area (Å²) in [7, 11) is 1.51. The van der Waals surface area contributed by atoms with Crippen LogP contribution >= 0.6 is 69.6 Å². The maximum Gasteiger partial charge on any atom is 0.250 e. The lowest BCUT2D eigenvalue weighted by molar-refractivity contribution is 0.372. The second-order valence-corrected chi connectivity index (χ2v) is 8.98. The van der Waals surface area contributed by atoms with Crippen LogP contribution in [0.2, 0.25) is 0 Å². The molecule has 0 radical (unpaired) electrons. The summed E-state index contributed by atoms with van der Waals surface area (Å²) in [6, 6.07) is 9.29. The minimum atomic E-state index is -1.91. The monoisotopic (exact) mass is 445 g/mol. The number of rotatable bonds is 3. The van der Waals surface area contributed by atoms with Crippen LogP contribution < -0.4 is 0 Å². The van der Waals surface area contributed by atoms with E-state index in [9.17, 15) is 0 Å². The van der Waals surface area contributed by atoms with Gasteiger partial charge in [-0.15, -0.1) is 0 Å². The molecule has 1 heterocycles. The van der Waals surface area contributed by atoms with E-state index in [0.717, 1.165) is 5.56 Å². The van der Waals surface area contributed by atoms with Gasteiger partial charge in [0.2, 0.25) is 7.59 Å². The molecule has 1 aromatic carbocycles. The van der Waals surface area contributed by atoms with Crippen molar-refractivity contribution in [3.05, 3.63) is 53.4 Å². The van der Waals surface area contributed by atoms with Crippen molar-refractivity contribution >= 4 is 81.4 Å². The van der Waals surface area contributed by atoms with Crippen LogP contribution in [0.15, 0.2) is 30.3 Å². The van der Waals surface area contributed by atoms with Gasteiger partial charge in [-0.1, -0.05) is 99.9 Å². The van der Waals surface area contributed by atoms with Crippen LogP contribution in [0.1, 0.15) is 23.0 Å². The Kier molecular flexibility index (Phi) is 6.46. The van der Waals surface area contributed by atoms with Crippen molar-refractivity contribution in [1.82, 2.24) is 15.0 Å². The van der Waals surface area contributed by atoms with Crippen molar-refractivity contribution < 1.29 is 4.74 Å². The van der Waals surface area contributed by atoms with E-state index in [0.29, 0.717) is 5.76 Å². The third-order valence-corrected chi connectivity index (χ3v) is 3.71. The van der Waals surface area contributed by atoms with Gasteiger partial charge in [-0.25, -0.2) is 15.0 Å². The van der Waals surface area contributed by atoms with Crippen LogP contribution in [0.3, 0.4) is 0 Å². The lowest BCUT2D eigenvalue weighted by atomic mass is 10.2. The van der Waals surface area contributed by atoms with Crippen molar-refractivity contribution in [1.29, 1.82) is 0 Å². The van der Waals surface area contributed by atoms with Gasteiger partial charge in [0.25, 0.3) is 0 Å². The van der Waals surface area contributed by atoms with Crippen LogP contribution in [-0.2, 0) is 12.3 Å². The molecule has 0 amide bonds. The van der Waals surface area contributed by atoms with E-state index in [2.05, 4.69) is 15.0 Å². The van der Waals surface area contributed by atoms with E-state index in [-0.39, 0.29) is 17.5 Å². The fraction of sp³-hybridized carbons (Fsp3) is 0.214. The van der Waals surface area contributed by atoms with E-state index in [1.54, 1.807) is 0 Å². The Labute approximate surface area is 168 Å². The first-order valence-corrected chi connectivity index (χ1v) is 8.59. The van der Waals surface area contributed by atoms with Gasteiger partial charge in [0, 0.05) is 11.6 Å². The van der Waals surface area contributed by atoms with Crippen LogP contribution in [0.4, 0.5) is 0 Å². The van der Waals surface area contributed by atoms with Gasteiger partial charge in [0.1, 0.15) is 5.76 Å². The number of nitrogens with zero attached hydrogens (tertiary/aromatic N) is 3. The summed E-state index contributed by atoms with van der Waals surface area (Å²) in [4.78, 5) is 12.1. The third-order valence-electron chi connectivity index (χ3n) is 2.70. The van der Waals surface area contributed by atoms with Gasteiger partial charge in [-0.3, -0.25) is 0 Å². The second-order valence-electron chi connectivity index (χ2n) is 4.42. The van der Waals surface area contributed by atoms with E-state index in [1.807, 2.05) is 30.3 Å². The van der Waals surface area contributed by atoms with Gasteiger partial charge in [0.05, 0.1) is 7.11 Å². The zero-order chi connectivity index (χ0) is 18.0. The zero-order valence-electron chi connectivity index (χ0n) is 12.0. The molecule has 2 rings (SSSR count). The molecule has 0 spiro atoms. The van der Waals surface area contributed by atoms with Crippen molar-refractivity contribution in [2.45, 2.75) is 7.59 Å². The molecular formula is C14H9Cl6N3O. The fourth-order valence-electron chi connectivity index (χ4n) is 1.69. The number of methoxy groups -OCH3 is 1. The average molecular weight is 448 g/mol. The smallest absolute Gasteiger partial charge is 0.250 e. The average Bonchev–Trinajstić information content (AvgIpc) is 2.51. The highest BCUT2D eigenvalue weighted by molar-refractivity contribution is 6.67. The van der Waals surface area contributed by atoms with Gasteiger partial charge in [0.15, 0.2) is 17.5 Å². The summed E-state index contributed by atoms with van der Waals surface area (Å²) >= 11 is 35.0. The highest BCUT2D eigenvalue weighted by Gasteiger charge is 2.33. The fourth-order valence-corrected chi connectivity index (χ4v) is 2.20. The number of hydrogen-bond donors (Lipinski definition) is 0. The lowest BCUT2D eigenvalue weighted by Gasteiger charge is -2.15. The number of alkyl halides is 6.